The lowest BCUT2D eigenvalue weighted by molar-refractivity contribution is 0.423. The maximum atomic E-state index is 6.80. The van der Waals surface area contributed by atoms with Crippen LogP contribution in [0.1, 0.15) is 13.8 Å². The molecular weight excluding hydrogens is 258 g/mol. The quantitative estimate of drug-likeness (QED) is 0.792. The van der Waals surface area contributed by atoms with Crippen molar-refractivity contribution in [1.29, 1.82) is 0 Å². The van der Waals surface area contributed by atoms with Crippen molar-refractivity contribution in [3.05, 3.63) is 59.7 Å². The summed E-state index contributed by atoms with van der Waals surface area (Å²) in [5.41, 5.74) is 11.5. The van der Waals surface area contributed by atoms with E-state index in [0.29, 0.717) is 0 Å². The smallest absolute Gasteiger partial charge is 0.128 e. The minimum Gasteiger partial charge on any atom is -0.349 e. The average molecular weight is 279 g/mol. The highest BCUT2D eigenvalue weighted by Crippen LogP contribution is 2.49. The number of anilines is 2. The molecule has 1 aromatic rings. The van der Waals surface area contributed by atoms with E-state index >= 15 is 0 Å². The minimum absolute atomic E-state index is 0.216. The molecule has 0 spiro atoms. The van der Waals surface area contributed by atoms with Gasteiger partial charge < -0.3 is 15.5 Å². The largest absolute Gasteiger partial charge is 0.349 e. The maximum absolute atomic E-state index is 6.80. The molecule has 3 aliphatic rings. The molecule has 4 rings (SSSR count). The van der Waals surface area contributed by atoms with Crippen LogP contribution >= 0.6 is 0 Å². The molecule has 0 amide bonds. The Kier molecular flexibility index (Phi) is 2.43. The van der Waals surface area contributed by atoms with Crippen molar-refractivity contribution in [3.63, 3.8) is 0 Å². The van der Waals surface area contributed by atoms with Crippen molar-refractivity contribution in [3.8, 4) is 0 Å². The Morgan fingerprint density at radius 3 is 2.62 bits per heavy atom. The molecule has 2 N–H and O–H groups in total. The number of allylic oxidation sites excluding steroid dienone is 2. The van der Waals surface area contributed by atoms with Crippen molar-refractivity contribution in [2.24, 2.45) is 5.73 Å². The third-order valence-electron chi connectivity index (χ3n) is 5.40. The molecule has 0 radical (unpaired) electrons. The zero-order valence-corrected chi connectivity index (χ0v) is 12.7. The van der Waals surface area contributed by atoms with Gasteiger partial charge in [-0.05, 0) is 37.1 Å². The Balaban J connectivity index is 2.00. The first-order chi connectivity index (χ1) is 10.1. The van der Waals surface area contributed by atoms with Gasteiger partial charge in [0.1, 0.15) is 6.17 Å². The second-order valence-electron chi connectivity index (χ2n) is 6.29. The molecular formula is C18H21N3. The predicted octanol–water partition coefficient (Wildman–Crippen LogP) is 2.81. The Bertz CT molecular complexity index is 700. The Labute approximate surface area is 126 Å². The highest BCUT2D eigenvalue weighted by atomic mass is 15.4. The molecule has 3 heteroatoms. The molecule has 0 saturated carbocycles. The van der Waals surface area contributed by atoms with E-state index in [4.69, 9.17) is 5.73 Å². The van der Waals surface area contributed by atoms with Gasteiger partial charge in [-0.1, -0.05) is 36.4 Å². The van der Waals surface area contributed by atoms with E-state index in [1.165, 1.54) is 22.5 Å². The number of benzene rings is 1. The zero-order valence-electron chi connectivity index (χ0n) is 12.7. The first kappa shape index (κ1) is 12.7. The monoisotopic (exact) mass is 279 g/mol. The van der Waals surface area contributed by atoms with Crippen LogP contribution in [0.2, 0.25) is 0 Å². The van der Waals surface area contributed by atoms with Crippen LogP contribution in [0.15, 0.2) is 59.7 Å². The molecule has 3 unspecified atom stereocenters. The summed E-state index contributed by atoms with van der Waals surface area (Å²) < 4.78 is 0. The lowest BCUT2D eigenvalue weighted by atomic mass is 9.77. The molecule has 0 fully saturated rings. The van der Waals surface area contributed by atoms with Gasteiger partial charge in [0.25, 0.3) is 0 Å². The molecule has 1 aromatic carbocycles. The van der Waals surface area contributed by atoms with Crippen LogP contribution in [0.3, 0.4) is 0 Å². The highest BCUT2D eigenvalue weighted by Gasteiger charge is 2.50. The van der Waals surface area contributed by atoms with E-state index in [1.54, 1.807) is 0 Å². The molecule has 21 heavy (non-hydrogen) atoms. The molecule has 3 atom stereocenters. The Morgan fingerprint density at radius 1 is 1.14 bits per heavy atom. The molecule has 108 valence electrons. The number of hydrogen-bond donors (Lipinski definition) is 1. The fourth-order valence-electron chi connectivity index (χ4n) is 4.05. The summed E-state index contributed by atoms with van der Waals surface area (Å²) in [5.74, 6) is 0. The summed E-state index contributed by atoms with van der Waals surface area (Å²) in [7, 11) is 2.17. The van der Waals surface area contributed by atoms with Crippen molar-refractivity contribution >= 4 is 11.4 Å². The number of nitrogens with two attached hydrogens (primary N) is 1. The summed E-state index contributed by atoms with van der Waals surface area (Å²) in [4.78, 5) is 4.83. The van der Waals surface area contributed by atoms with Crippen LogP contribution in [0, 0.1) is 0 Å². The van der Waals surface area contributed by atoms with Crippen molar-refractivity contribution in [2.75, 3.05) is 16.8 Å². The standard InChI is InChI=1S/C18H21N3/c1-12-14-8-6-7-11-18(12,19)13(2)21-16-10-5-4-9-15(16)20(3)17(14)21/h4-11,13,17H,19H2,1-3H3. The van der Waals surface area contributed by atoms with Crippen LogP contribution in [-0.2, 0) is 0 Å². The van der Waals surface area contributed by atoms with Gasteiger partial charge >= 0.3 is 0 Å². The van der Waals surface area contributed by atoms with Crippen molar-refractivity contribution in [1.82, 2.24) is 0 Å². The number of fused-ring (bicyclic) bond motifs is 5. The van der Waals surface area contributed by atoms with Gasteiger partial charge in [0, 0.05) is 7.05 Å². The summed E-state index contributed by atoms with van der Waals surface area (Å²) in [5, 5.41) is 0. The number of nitrogens with zero attached hydrogens (tertiary/aromatic N) is 2. The topological polar surface area (TPSA) is 32.5 Å². The summed E-state index contributed by atoms with van der Waals surface area (Å²) in [6.45, 7) is 4.42. The van der Waals surface area contributed by atoms with Gasteiger partial charge in [0.2, 0.25) is 0 Å². The number of rotatable bonds is 0. The predicted molar refractivity (Wildman–Crippen MR) is 88.5 cm³/mol. The van der Waals surface area contributed by atoms with Crippen LogP contribution < -0.4 is 15.5 Å². The van der Waals surface area contributed by atoms with Gasteiger partial charge in [-0.25, -0.2) is 0 Å². The van der Waals surface area contributed by atoms with Crippen molar-refractivity contribution in [2.45, 2.75) is 31.6 Å². The van der Waals surface area contributed by atoms with Gasteiger partial charge in [-0.3, -0.25) is 0 Å². The first-order valence-corrected chi connectivity index (χ1v) is 7.52. The van der Waals surface area contributed by atoms with Gasteiger partial charge in [-0.15, -0.1) is 0 Å². The van der Waals surface area contributed by atoms with Gasteiger partial charge in [0.05, 0.1) is 23.0 Å². The first-order valence-electron chi connectivity index (χ1n) is 7.52. The van der Waals surface area contributed by atoms with Crippen LogP contribution in [0.5, 0.6) is 0 Å². The SMILES string of the molecule is CC1=C2C=CC=CC1(N)C(C)N1c3ccccc3N(C)C21. The van der Waals surface area contributed by atoms with Crippen LogP contribution in [0.4, 0.5) is 11.4 Å². The fourth-order valence-corrected chi connectivity index (χ4v) is 4.05. The molecule has 2 heterocycles. The third-order valence-corrected chi connectivity index (χ3v) is 5.40. The summed E-state index contributed by atoms with van der Waals surface area (Å²) >= 11 is 0. The van der Waals surface area contributed by atoms with Gasteiger partial charge in [0.15, 0.2) is 0 Å². The summed E-state index contributed by atoms with van der Waals surface area (Å²) in [6, 6.07) is 8.82. The zero-order chi connectivity index (χ0) is 14.8. The highest BCUT2D eigenvalue weighted by molar-refractivity contribution is 5.81. The molecule has 0 aromatic heterocycles. The number of hydrogen-bond acceptors (Lipinski definition) is 3. The van der Waals surface area contributed by atoms with Crippen LogP contribution in [-0.4, -0.2) is 24.8 Å². The molecule has 3 nitrogen and oxygen atoms in total. The number of likely N-dealkylation sites (N-methyl/N-ethyl adjacent to an activating group) is 1. The summed E-state index contributed by atoms with van der Waals surface area (Å²) in [6.07, 6.45) is 8.80. The normalized spacial score (nSPS) is 33.1. The Morgan fingerprint density at radius 2 is 1.86 bits per heavy atom. The maximum Gasteiger partial charge on any atom is 0.128 e. The van der Waals surface area contributed by atoms with E-state index in [0.717, 1.165) is 0 Å². The van der Waals surface area contributed by atoms with E-state index in [1.807, 2.05) is 0 Å². The molecule has 1 aliphatic carbocycles. The molecule has 0 saturated heterocycles. The second-order valence-corrected chi connectivity index (χ2v) is 6.29. The fraction of sp³-hybridized carbons (Fsp3) is 0.333. The van der Waals surface area contributed by atoms with E-state index in [2.05, 4.69) is 79.3 Å². The van der Waals surface area contributed by atoms with E-state index in [-0.39, 0.29) is 12.2 Å². The van der Waals surface area contributed by atoms with E-state index < -0.39 is 5.54 Å². The molecule has 2 aliphatic heterocycles. The van der Waals surface area contributed by atoms with Gasteiger partial charge in [-0.2, -0.15) is 0 Å². The van der Waals surface area contributed by atoms with Crippen LogP contribution in [0.25, 0.3) is 0 Å². The van der Waals surface area contributed by atoms with Crippen molar-refractivity contribution < 1.29 is 0 Å². The number of para-hydroxylation sites is 2. The van der Waals surface area contributed by atoms with E-state index in [9.17, 15) is 0 Å². The Hall–Kier alpha value is -2.00. The molecule has 2 bridgehead atoms. The minimum atomic E-state index is -0.409. The lowest BCUT2D eigenvalue weighted by Gasteiger charge is -2.49. The lowest BCUT2D eigenvalue weighted by Crippen LogP contribution is -2.64. The third kappa shape index (κ3) is 1.42. The second kappa shape index (κ2) is 4.01. The average Bonchev–Trinajstić information content (AvgIpc) is 2.72.